The fourth-order valence-electron chi connectivity index (χ4n) is 2.39. The van der Waals surface area contributed by atoms with Crippen LogP contribution in [0.15, 0.2) is 24.3 Å². The first-order valence-corrected chi connectivity index (χ1v) is 7.73. The summed E-state index contributed by atoms with van der Waals surface area (Å²) in [6, 6.07) is 6.64. The predicted octanol–water partition coefficient (Wildman–Crippen LogP) is 2.10. The second-order valence-corrected chi connectivity index (χ2v) is 7.19. The van der Waals surface area contributed by atoms with Gasteiger partial charge in [-0.05, 0) is 30.5 Å². The summed E-state index contributed by atoms with van der Waals surface area (Å²) in [6.07, 6.45) is 3.58. The van der Waals surface area contributed by atoms with E-state index < -0.39 is 10.0 Å². The number of sulfonamides is 1. The quantitative estimate of drug-likeness (QED) is 0.910. The number of hydrogen-bond acceptors (Lipinski definition) is 3. The third-order valence-corrected chi connectivity index (χ3v) is 5.81. The molecule has 0 amide bonds. The molecule has 18 heavy (non-hydrogen) atoms. The lowest BCUT2D eigenvalue weighted by molar-refractivity contribution is 0.453. The summed E-state index contributed by atoms with van der Waals surface area (Å²) in [7, 11) is -1.55. The highest BCUT2D eigenvalue weighted by Crippen LogP contribution is 2.27. The molecular weight excluding hydrogens is 250 g/mol. The summed E-state index contributed by atoms with van der Waals surface area (Å²) >= 11 is 0. The minimum absolute atomic E-state index is 0.194. The van der Waals surface area contributed by atoms with E-state index in [1.165, 1.54) is 4.31 Å². The van der Waals surface area contributed by atoms with Gasteiger partial charge in [-0.15, -0.1) is 0 Å². The highest BCUT2D eigenvalue weighted by Gasteiger charge is 2.31. The van der Waals surface area contributed by atoms with E-state index >= 15 is 0 Å². The molecule has 100 valence electrons. The average Bonchev–Trinajstić information content (AvgIpc) is 2.86. The monoisotopic (exact) mass is 269 g/mol. The van der Waals surface area contributed by atoms with Gasteiger partial charge in [-0.3, -0.25) is 0 Å². The van der Waals surface area contributed by atoms with Crippen LogP contribution in [0.25, 0.3) is 0 Å². The molecule has 0 atom stereocenters. The zero-order valence-electron chi connectivity index (χ0n) is 10.5. The summed E-state index contributed by atoms with van der Waals surface area (Å²) in [5, 5.41) is 8.98. The van der Waals surface area contributed by atoms with Crippen LogP contribution in [-0.2, 0) is 16.6 Å². The Morgan fingerprint density at radius 1 is 1.22 bits per heavy atom. The lowest BCUT2D eigenvalue weighted by atomic mass is 10.2. The normalized spacial score (nSPS) is 17.4. The van der Waals surface area contributed by atoms with E-state index in [4.69, 9.17) is 0 Å². The van der Waals surface area contributed by atoms with Crippen molar-refractivity contribution in [2.75, 3.05) is 7.05 Å². The van der Waals surface area contributed by atoms with Gasteiger partial charge in [0.25, 0.3) is 0 Å². The number of benzene rings is 1. The van der Waals surface area contributed by atoms with Crippen molar-refractivity contribution in [3.8, 4) is 5.75 Å². The lowest BCUT2D eigenvalue weighted by Gasteiger charge is -2.21. The Morgan fingerprint density at radius 2 is 1.78 bits per heavy atom. The molecule has 1 aromatic carbocycles. The van der Waals surface area contributed by atoms with Crippen LogP contribution in [0.4, 0.5) is 0 Å². The third-order valence-electron chi connectivity index (χ3n) is 3.50. The molecule has 0 unspecified atom stereocenters. The first kappa shape index (κ1) is 13.4. The molecule has 5 heteroatoms. The molecule has 1 fully saturated rings. The molecule has 1 aromatic rings. The number of phenolic OH excluding ortho intramolecular Hbond substituents is 1. The van der Waals surface area contributed by atoms with Gasteiger partial charge in [-0.2, -0.15) is 0 Å². The minimum atomic E-state index is -3.18. The zero-order valence-corrected chi connectivity index (χ0v) is 11.4. The molecule has 0 spiro atoms. The van der Waals surface area contributed by atoms with Gasteiger partial charge in [0.2, 0.25) is 10.0 Å². The highest BCUT2D eigenvalue weighted by atomic mass is 32.2. The van der Waals surface area contributed by atoms with Crippen LogP contribution in [0, 0.1) is 0 Å². The average molecular weight is 269 g/mol. The number of nitrogens with zero attached hydrogens (tertiary/aromatic N) is 1. The van der Waals surface area contributed by atoms with E-state index in [1.807, 2.05) is 0 Å². The predicted molar refractivity (Wildman–Crippen MR) is 70.7 cm³/mol. The molecule has 0 radical (unpaired) electrons. The van der Waals surface area contributed by atoms with E-state index in [1.54, 1.807) is 31.3 Å². The molecule has 0 aromatic heterocycles. The molecule has 2 rings (SSSR count). The van der Waals surface area contributed by atoms with Crippen LogP contribution in [0.1, 0.15) is 31.2 Å². The topological polar surface area (TPSA) is 57.6 Å². The molecular formula is C13H19NO3S. The maximum Gasteiger partial charge on any atom is 0.217 e. The first-order valence-electron chi connectivity index (χ1n) is 6.23. The molecule has 0 aliphatic heterocycles. The third kappa shape index (κ3) is 2.84. The summed E-state index contributed by atoms with van der Waals surface area (Å²) in [4.78, 5) is 0. The highest BCUT2D eigenvalue weighted by molar-refractivity contribution is 7.89. The second-order valence-electron chi connectivity index (χ2n) is 4.87. The van der Waals surface area contributed by atoms with Crippen LogP contribution in [-0.4, -0.2) is 30.1 Å². The van der Waals surface area contributed by atoms with Crippen molar-refractivity contribution < 1.29 is 13.5 Å². The van der Waals surface area contributed by atoms with Crippen molar-refractivity contribution in [3.63, 3.8) is 0 Å². The maximum atomic E-state index is 12.3. The smallest absolute Gasteiger partial charge is 0.217 e. The largest absolute Gasteiger partial charge is 0.508 e. The number of aromatic hydroxyl groups is 1. The minimum Gasteiger partial charge on any atom is -0.508 e. The van der Waals surface area contributed by atoms with Crippen molar-refractivity contribution in [2.24, 2.45) is 0 Å². The fourth-order valence-corrected chi connectivity index (χ4v) is 4.16. The van der Waals surface area contributed by atoms with Crippen molar-refractivity contribution in [1.82, 2.24) is 4.31 Å². The van der Waals surface area contributed by atoms with Gasteiger partial charge in [0, 0.05) is 13.6 Å². The maximum absolute atomic E-state index is 12.3. The van der Waals surface area contributed by atoms with Gasteiger partial charge < -0.3 is 5.11 Å². The molecule has 1 aliphatic carbocycles. The van der Waals surface area contributed by atoms with E-state index in [9.17, 15) is 13.5 Å². The van der Waals surface area contributed by atoms with Gasteiger partial charge in [0.15, 0.2) is 0 Å². The molecule has 1 aliphatic rings. The van der Waals surface area contributed by atoms with Gasteiger partial charge in [-0.25, -0.2) is 12.7 Å². The summed E-state index contributed by atoms with van der Waals surface area (Å²) < 4.78 is 26.0. The molecule has 0 bridgehead atoms. The van der Waals surface area contributed by atoms with Crippen LogP contribution < -0.4 is 0 Å². The van der Waals surface area contributed by atoms with Crippen molar-refractivity contribution in [2.45, 2.75) is 37.5 Å². The number of hydrogen-bond donors (Lipinski definition) is 1. The van der Waals surface area contributed by atoms with E-state index in [2.05, 4.69) is 0 Å². The van der Waals surface area contributed by atoms with Crippen LogP contribution in [0.5, 0.6) is 5.75 Å². The Bertz CT molecular complexity index is 489. The Morgan fingerprint density at radius 3 is 2.33 bits per heavy atom. The fraction of sp³-hybridized carbons (Fsp3) is 0.538. The zero-order chi connectivity index (χ0) is 13.2. The second kappa shape index (κ2) is 5.28. The summed E-state index contributed by atoms with van der Waals surface area (Å²) in [5.41, 5.74) is 0.886. The standard InChI is InChI=1S/C13H19NO3S/c1-14(10-11-6-8-12(15)9-7-11)18(16,17)13-4-2-3-5-13/h6-9,13,15H,2-5,10H2,1H3. The SMILES string of the molecule is CN(Cc1ccc(O)cc1)S(=O)(=O)C1CCCC1. The van der Waals surface area contributed by atoms with Crippen molar-refractivity contribution in [3.05, 3.63) is 29.8 Å². The van der Waals surface area contributed by atoms with E-state index in [-0.39, 0.29) is 11.0 Å². The van der Waals surface area contributed by atoms with Crippen molar-refractivity contribution in [1.29, 1.82) is 0 Å². The lowest BCUT2D eigenvalue weighted by Crippen LogP contribution is -2.34. The first-order chi connectivity index (χ1) is 8.50. The molecule has 4 nitrogen and oxygen atoms in total. The van der Waals surface area contributed by atoms with Crippen LogP contribution in [0.3, 0.4) is 0 Å². The summed E-state index contributed by atoms with van der Waals surface area (Å²) in [5.74, 6) is 0.194. The van der Waals surface area contributed by atoms with Gasteiger partial charge >= 0.3 is 0 Å². The molecule has 0 saturated heterocycles. The molecule has 1 saturated carbocycles. The molecule has 1 N–H and O–H groups in total. The Kier molecular flexibility index (Phi) is 3.92. The van der Waals surface area contributed by atoms with E-state index in [0.717, 1.165) is 31.2 Å². The summed E-state index contributed by atoms with van der Waals surface area (Å²) in [6.45, 7) is 0.360. The van der Waals surface area contributed by atoms with Gasteiger partial charge in [0.05, 0.1) is 5.25 Å². The Hall–Kier alpha value is -1.07. The molecule has 0 heterocycles. The Balaban J connectivity index is 2.06. The van der Waals surface area contributed by atoms with Gasteiger partial charge in [0.1, 0.15) is 5.75 Å². The van der Waals surface area contributed by atoms with Crippen molar-refractivity contribution >= 4 is 10.0 Å². The Labute approximate surface area is 108 Å². The van der Waals surface area contributed by atoms with Crippen LogP contribution >= 0.6 is 0 Å². The van der Waals surface area contributed by atoms with Gasteiger partial charge in [-0.1, -0.05) is 25.0 Å². The van der Waals surface area contributed by atoms with Crippen LogP contribution in [0.2, 0.25) is 0 Å². The van der Waals surface area contributed by atoms with E-state index in [0.29, 0.717) is 6.54 Å². The number of rotatable bonds is 4. The number of phenols is 1.